The number of aromatic nitrogens is 2. The molecule has 0 radical (unpaired) electrons. The van der Waals surface area contributed by atoms with Crippen LogP contribution >= 0.6 is 0 Å². The lowest BCUT2D eigenvalue weighted by Gasteiger charge is -2.28. The predicted octanol–water partition coefficient (Wildman–Crippen LogP) is 2.65. The van der Waals surface area contributed by atoms with Crippen molar-refractivity contribution in [1.29, 1.82) is 0 Å². The normalized spacial score (nSPS) is 16.8. The number of phenolic OH excluding ortho intramolecular Hbond substituents is 1. The number of urea groups is 1. The lowest BCUT2D eigenvalue weighted by molar-refractivity contribution is 0.206. The molecule has 0 spiro atoms. The molecule has 0 unspecified atom stereocenters. The van der Waals surface area contributed by atoms with Crippen LogP contribution in [-0.4, -0.2) is 32.8 Å². The fraction of sp³-hybridized carbons (Fsp3) is 0.353. The van der Waals surface area contributed by atoms with Crippen LogP contribution in [0.3, 0.4) is 0 Å². The first-order valence-corrected chi connectivity index (χ1v) is 7.89. The zero-order valence-electron chi connectivity index (χ0n) is 12.7. The average molecular weight is 310 g/mol. The van der Waals surface area contributed by atoms with Crippen LogP contribution < -0.4 is 5.32 Å². The first-order valence-electron chi connectivity index (χ1n) is 7.89. The summed E-state index contributed by atoms with van der Waals surface area (Å²) in [4.78, 5) is 14.1. The van der Waals surface area contributed by atoms with Crippen molar-refractivity contribution in [3.8, 4) is 5.75 Å². The van der Waals surface area contributed by atoms with Gasteiger partial charge in [0.25, 0.3) is 0 Å². The summed E-state index contributed by atoms with van der Waals surface area (Å²) in [5.74, 6) is 1.26. The summed E-state index contributed by atoms with van der Waals surface area (Å²) in [6, 6.07) is 8.88. The van der Waals surface area contributed by atoms with Gasteiger partial charge in [-0.15, -0.1) is 5.10 Å². The number of benzene rings is 1. The molecule has 6 heteroatoms. The van der Waals surface area contributed by atoms with Crippen LogP contribution in [0.25, 0.3) is 0 Å². The van der Waals surface area contributed by atoms with Gasteiger partial charge in [0, 0.05) is 19.0 Å². The SMILES string of the molecule is O=C(Nc1ccc(C2CC2)nn1)N1CCc2ccc(O)cc2C1. The largest absolute Gasteiger partial charge is 0.508 e. The summed E-state index contributed by atoms with van der Waals surface area (Å²) in [7, 11) is 0. The first-order chi connectivity index (χ1) is 11.2. The maximum Gasteiger partial charge on any atom is 0.323 e. The van der Waals surface area contributed by atoms with Crippen LogP contribution in [0.4, 0.5) is 10.6 Å². The molecule has 118 valence electrons. The van der Waals surface area contributed by atoms with Crippen molar-refractivity contribution >= 4 is 11.8 Å². The standard InChI is InChI=1S/C17H18N4O2/c22-14-4-3-11-7-8-21(10-13(11)9-14)17(23)18-16-6-5-15(19-20-16)12-1-2-12/h3-6,9,12,22H,1-2,7-8,10H2,(H,18,20,23). The minimum atomic E-state index is -0.188. The third-order valence-corrected chi connectivity index (χ3v) is 4.41. The Hall–Kier alpha value is -2.63. The molecule has 1 aliphatic heterocycles. The molecule has 2 amide bonds. The Labute approximate surface area is 134 Å². The molecular formula is C17H18N4O2. The minimum absolute atomic E-state index is 0.188. The van der Waals surface area contributed by atoms with Gasteiger partial charge in [-0.25, -0.2) is 4.79 Å². The van der Waals surface area contributed by atoms with Gasteiger partial charge in [0.05, 0.1) is 5.69 Å². The number of amides is 2. The highest BCUT2D eigenvalue weighted by molar-refractivity contribution is 5.88. The molecule has 23 heavy (non-hydrogen) atoms. The van der Waals surface area contributed by atoms with Crippen LogP contribution in [0.15, 0.2) is 30.3 Å². The fourth-order valence-corrected chi connectivity index (χ4v) is 2.91. The Balaban J connectivity index is 1.43. The number of aromatic hydroxyl groups is 1. The van der Waals surface area contributed by atoms with Gasteiger partial charge in [-0.2, -0.15) is 5.10 Å². The maximum absolute atomic E-state index is 12.4. The number of rotatable bonds is 2. The van der Waals surface area contributed by atoms with E-state index in [1.165, 1.54) is 18.4 Å². The van der Waals surface area contributed by atoms with Gasteiger partial charge in [-0.3, -0.25) is 5.32 Å². The van der Waals surface area contributed by atoms with E-state index in [-0.39, 0.29) is 11.8 Å². The molecule has 2 aromatic rings. The lowest BCUT2D eigenvalue weighted by Crippen LogP contribution is -2.39. The highest BCUT2D eigenvalue weighted by Crippen LogP contribution is 2.38. The van der Waals surface area contributed by atoms with Gasteiger partial charge < -0.3 is 10.0 Å². The monoisotopic (exact) mass is 310 g/mol. The molecule has 2 N–H and O–H groups in total. The van der Waals surface area contributed by atoms with Gasteiger partial charge in [-0.1, -0.05) is 6.07 Å². The van der Waals surface area contributed by atoms with Crippen molar-refractivity contribution in [3.05, 3.63) is 47.2 Å². The number of nitrogens with one attached hydrogen (secondary N) is 1. The molecule has 6 nitrogen and oxygen atoms in total. The van der Waals surface area contributed by atoms with Crippen LogP contribution in [0.5, 0.6) is 5.75 Å². The topological polar surface area (TPSA) is 78.4 Å². The Morgan fingerprint density at radius 3 is 2.78 bits per heavy atom. The number of fused-ring (bicyclic) bond motifs is 1. The second-order valence-corrected chi connectivity index (χ2v) is 6.17. The zero-order chi connectivity index (χ0) is 15.8. The van der Waals surface area contributed by atoms with E-state index in [0.717, 1.165) is 17.7 Å². The molecule has 0 saturated heterocycles. The summed E-state index contributed by atoms with van der Waals surface area (Å²) in [6.45, 7) is 1.14. The van der Waals surface area contributed by atoms with Crippen molar-refractivity contribution in [1.82, 2.24) is 15.1 Å². The summed E-state index contributed by atoms with van der Waals surface area (Å²) in [5, 5.41) is 20.6. The molecule has 1 aliphatic carbocycles. The van der Waals surface area contributed by atoms with E-state index in [1.807, 2.05) is 18.2 Å². The van der Waals surface area contributed by atoms with E-state index in [4.69, 9.17) is 0 Å². The smallest absolute Gasteiger partial charge is 0.323 e. The van der Waals surface area contributed by atoms with Crippen molar-refractivity contribution in [2.45, 2.75) is 31.7 Å². The average Bonchev–Trinajstić information content (AvgIpc) is 3.40. The molecule has 1 aromatic heterocycles. The van der Waals surface area contributed by atoms with E-state index >= 15 is 0 Å². The fourth-order valence-electron chi connectivity index (χ4n) is 2.91. The molecule has 2 heterocycles. The van der Waals surface area contributed by atoms with Gasteiger partial charge in [0.15, 0.2) is 5.82 Å². The molecular weight excluding hydrogens is 292 g/mol. The highest BCUT2D eigenvalue weighted by atomic mass is 16.3. The molecule has 1 fully saturated rings. The number of anilines is 1. The third kappa shape index (κ3) is 2.97. The molecule has 4 rings (SSSR count). The van der Waals surface area contributed by atoms with Gasteiger partial charge in [-0.05, 0) is 54.7 Å². The van der Waals surface area contributed by atoms with Crippen LogP contribution in [0, 0.1) is 0 Å². The van der Waals surface area contributed by atoms with Crippen LogP contribution in [0.2, 0.25) is 0 Å². The minimum Gasteiger partial charge on any atom is -0.508 e. The molecule has 2 aliphatic rings. The van der Waals surface area contributed by atoms with Gasteiger partial charge in [0.2, 0.25) is 0 Å². The second-order valence-electron chi connectivity index (χ2n) is 6.17. The number of carbonyl (C=O) groups is 1. The summed E-state index contributed by atoms with van der Waals surface area (Å²) >= 11 is 0. The summed E-state index contributed by atoms with van der Waals surface area (Å²) in [5.41, 5.74) is 3.17. The van der Waals surface area contributed by atoms with E-state index in [2.05, 4.69) is 15.5 Å². The number of carbonyl (C=O) groups excluding carboxylic acids is 1. The highest BCUT2D eigenvalue weighted by Gasteiger charge is 2.25. The maximum atomic E-state index is 12.4. The number of hydrogen-bond donors (Lipinski definition) is 2. The first kappa shape index (κ1) is 14.0. The van der Waals surface area contributed by atoms with E-state index < -0.39 is 0 Å². The summed E-state index contributed by atoms with van der Waals surface area (Å²) < 4.78 is 0. The zero-order valence-corrected chi connectivity index (χ0v) is 12.7. The van der Waals surface area contributed by atoms with Crippen LogP contribution in [0.1, 0.15) is 35.6 Å². The van der Waals surface area contributed by atoms with E-state index in [0.29, 0.717) is 24.8 Å². The van der Waals surface area contributed by atoms with Crippen molar-refractivity contribution in [3.63, 3.8) is 0 Å². The Kier molecular flexibility index (Phi) is 3.37. The van der Waals surface area contributed by atoms with Gasteiger partial charge in [0.1, 0.15) is 5.75 Å². The number of hydrogen-bond acceptors (Lipinski definition) is 4. The number of phenols is 1. The second kappa shape index (κ2) is 5.53. The molecule has 0 bridgehead atoms. The lowest BCUT2D eigenvalue weighted by atomic mass is 10.00. The molecule has 1 aromatic carbocycles. The summed E-state index contributed by atoms with van der Waals surface area (Å²) in [6.07, 6.45) is 3.15. The number of nitrogens with zero attached hydrogens (tertiary/aromatic N) is 3. The van der Waals surface area contributed by atoms with E-state index in [1.54, 1.807) is 17.0 Å². The Bertz CT molecular complexity index is 741. The Morgan fingerprint density at radius 1 is 1.17 bits per heavy atom. The van der Waals surface area contributed by atoms with Crippen molar-refractivity contribution in [2.24, 2.45) is 0 Å². The third-order valence-electron chi connectivity index (χ3n) is 4.41. The Morgan fingerprint density at radius 2 is 2.04 bits per heavy atom. The van der Waals surface area contributed by atoms with Crippen LogP contribution in [-0.2, 0) is 13.0 Å². The molecule has 1 saturated carbocycles. The van der Waals surface area contributed by atoms with Crippen molar-refractivity contribution < 1.29 is 9.90 Å². The molecule has 0 atom stereocenters. The van der Waals surface area contributed by atoms with E-state index in [9.17, 15) is 9.90 Å². The van der Waals surface area contributed by atoms with Gasteiger partial charge >= 0.3 is 6.03 Å². The quantitative estimate of drug-likeness (QED) is 0.894. The van der Waals surface area contributed by atoms with Crippen molar-refractivity contribution in [2.75, 3.05) is 11.9 Å². The predicted molar refractivity (Wildman–Crippen MR) is 85.2 cm³/mol.